The number of piperidine rings is 1. The summed E-state index contributed by atoms with van der Waals surface area (Å²) in [6.45, 7) is 3.08. The predicted octanol–water partition coefficient (Wildman–Crippen LogP) is 2.76. The number of carbonyl (C=O) groups excluding carboxylic acids is 1. The summed E-state index contributed by atoms with van der Waals surface area (Å²) in [5.41, 5.74) is 2.48. The molecule has 1 aliphatic heterocycles. The third kappa shape index (κ3) is 4.23. The molecule has 1 aliphatic rings. The highest BCUT2D eigenvalue weighted by Crippen LogP contribution is 2.31. The normalized spacial score (nSPS) is 17.6. The number of hydrogen-bond acceptors (Lipinski definition) is 4. The van der Waals surface area contributed by atoms with Gasteiger partial charge in [0.1, 0.15) is 16.5 Å². The summed E-state index contributed by atoms with van der Waals surface area (Å²) >= 11 is 0. The molecule has 1 heterocycles. The molecule has 2 aromatic rings. The van der Waals surface area contributed by atoms with Crippen LogP contribution >= 0.6 is 0 Å². The highest BCUT2D eigenvalue weighted by Gasteiger charge is 2.38. The van der Waals surface area contributed by atoms with Gasteiger partial charge in [0.15, 0.2) is 0 Å². The van der Waals surface area contributed by atoms with Crippen LogP contribution in [0.15, 0.2) is 41.3 Å². The van der Waals surface area contributed by atoms with Crippen LogP contribution in [0.2, 0.25) is 0 Å². The number of aliphatic hydroxyl groups is 1. The number of nitrogens with zero attached hydrogens (tertiary/aromatic N) is 2. The molecule has 0 bridgehead atoms. The van der Waals surface area contributed by atoms with Crippen LogP contribution in [0, 0.1) is 25.5 Å². The van der Waals surface area contributed by atoms with Gasteiger partial charge in [-0.25, -0.2) is 17.2 Å². The lowest BCUT2D eigenvalue weighted by atomic mass is 10.0. The Labute approximate surface area is 174 Å². The van der Waals surface area contributed by atoms with Crippen LogP contribution < -0.4 is 4.90 Å². The van der Waals surface area contributed by atoms with Crippen LogP contribution in [-0.2, 0) is 14.8 Å². The number of halogens is 2. The van der Waals surface area contributed by atoms with Gasteiger partial charge in [0, 0.05) is 37.3 Å². The minimum Gasteiger partial charge on any atom is -0.395 e. The number of anilines is 1. The molecular formula is C21H24F2N2O4S. The van der Waals surface area contributed by atoms with E-state index in [0.717, 1.165) is 33.3 Å². The maximum atomic E-state index is 14.3. The van der Waals surface area contributed by atoms with Gasteiger partial charge in [-0.1, -0.05) is 18.2 Å². The quantitative estimate of drug-likeness (QED) is 0.752. The van der Waals surface area contributed by atoms with Crippen molar-refractivity contribution in [3.63, 3.8) is 0 Å². The Kier molecular flexibility index (Phi) is 6.54. The molecule has 162 valence electrons. The highest BCUT2D eigenvalue weighted by molar-refractivity contribution is 7.89. The molecule has 6 nitrogen and oxygen atoms in total. The van der Waals surface area contributed by atoms with E-state index in [0.29, 0.717) is 6.07 Å². The Balaban J connectivity index is 1.99. The zero-order valence-electron chi connectivity index (χ0n) is 16.8. The Hall–Kier alpha value is -2.36. The average molecular weight is 438 g/mol. The zero-order valence-corrected chi connectivity index (χ0v) is 17.6. The lowest BCUT2D eigenvalue weighted by molar-refractivity contribution is -0.120. The fraction of sp³-hybridized carbons (Fsp3) is 0.381. The van der Waals surface area contributed by atoms with Crippen molar-refractivity contribution in [2.24, 2.45) is 0 Å². The van der Waals surface area contributed by atoms with Crippen molar-refractivity contribution in [3.8, 4) is 0 Å². The molecule has 1 fully saturated rings. The Bertz CT molecular complexity index is 1040. The number of para-hydroxylation sites is 1. The van der Waals surface area contributed by atoms with Crippen molar-refractivity contribution in [1.29, 1.82) is 0 Å². The molecule has 1 saturated heterocycles. The van der Waals surface area contributed by atoms with Crippen LogP contribution in [0.25, 0.3) is 0 Å². The second kappa shape index (κ2) is 8.79. The van der Waals surface area contributed by atoms with Gasteiger partial charge in [-0.15, -0.1) is 0 Å². The van der Waals surface area contributed by atoms with Crippen LogP contribution in [0.3, 0.4) is 0 Å². The monoisotopic (exact) mass is 438 g/mol. The summed E-state index contributed by atoms with van der Waals surface area (Å²) in [6.07, 6.45) is 0.351. The third-order valence-corrected chi connectivity index (χ3v) is 7.29. The van der Waals surface area contributed by atoms with E-state index in [1.165, 1.54) is 0 Å². The van der Waals surface area contributed by atoms with Crippen LogP contribution in [0.4, 0.5) is 14.5 Å². The molecule has 9 heteroatoms. The van der Waals surface area contributed by atoms with Gasteiger partial charge in [-0.3, -0.25) is 4.79 Å². The Morgan fingerprint density at radius 3 is 2.43 bits per heavy atom. The number of rotatable bonds is 6. The van der Waals surface area contributed by atoms with Gasteiger partial charge in [0.25, 0.3) is 0 Å². The third-order valence-electron chi connectivity index (χ3n) is 5.30. The molecule has 0 spiro atoms. The molecule has 0 saturated carbocycles. The maximum Gasteiger partial charge on any atom is 0.246 e. The van der Waals surface area contributed by atoms with Crippen molar-refractivity contribution >= 4 is 21.6 Å². The van der Waals surface area contributed by atoms with Gasteiger partial charge in [-0.2, -0.15) is 4.31 Å². The summed E-state index contributed by atoms with van der Waals surface area (Å²) in [5, 5.41) is 9.47. The molecule has 1 N–H and O–H groups in total. The van der Waals surface area contributed by atoms with Crippen LogP contribution in [-0.4, -0.2) is 49.5 Å². The van der Waals surface area contributed by atoms with Crippen molar-refractivity contribution in [2.75, 3.05) is 24.6 Å². The first-order chi connectivity index (χ1) is 14.2. The number of aliphatic hydroxyl groups excluding tert-OH is 1. The highest BCUT2D eigenvalue weighted by atomic mass is 32.2. The molecule has 0 aromatic heterocycles. The SMILES string of the molecule is Cc1cccc(C)c1N1C[C@@H](N(CCO)S(=O)(=O)c2ccc(F)cc2F)CCC1=O. The minimum absolute atomic E-state index is 0.0760. The maximum absolute atomic E-state index is 14.3. The van der Waals surface area contributed by atoms with Crippen molar-refractivity contribution in [1.82, 2.24) is 4.31 Å². The second-order valence-electron chi connectivity index (χ2n) is 7.35. The van der Waals surface area contributed by atoms with E-state index < -0.39 is 39.2 Å². The number of amides is 1. The smallest absolute Gasteiger partial charge is 0.246 e. The number of benzene rings is 2. The Morgan fingerprint density at radius 1 is 1.17 bits per heavy atom. The van der Waals surface area contributed by atoms with E-state index in [-0.39, 0.29) is 31.8 Å². The predicted molar refractivity (Wildman–Crippen MR) is 109 cm³/mol. The summed E-state index contributed by atoms with van der Waals surface area (Å²) in [5.74, 6) is -2.21. The Morgan fingerprint density at radius 2 is 1.83 bits per heavy atom. The van der Waals surface area contributed by atoms with Gasteiger partial charge < -0.3 is 10.0 Å². The minimum atomic E-state index is -4.36. The van der Waals surface area contributed by atoms with E-state index in [2.05, 4.69) is 0 Å². The first-order valence-corrected chi connectivity index (χ1v) is 11.0. The molecular weight excluding hydrogens is 414 g/mol. The van der Waals surface area contributed by atoms with Crippen molar-refractivity contribution < 1.29 is 27.1 Å². The summed E-state index contributed by atoms with van der Waals surface area (Å²) in [6, 6.07) is 7.22. The van der Waals surface area contributed by atoms with Crippen molar-refractivity contribution in [2.45, 2.75) is 37.6 Å². The summed E-state index contributed by atoms with van der Waals surface area (Å²) in [7, 11) is -4.36. The van der Waals surface area contributed by atoms with Gasteiger partial charge in [0.2, 0.25) is 15.9 Å². The van der Waals surface area contributed by atoms with Crippen LogP contribution in [0.5, 0.6) is 0 Å². The molecule has 3 rings (SSSR count). The molecule has 2 aromatic carbocycles. The van der Waals surface area contributed by atoms with E-state index in [1.807, 2.05) is 32.0 Å². The second-order valence-corrected chi connectivity index (χ2v) is 9.21. The molecule has 1 amide bonds. The lowest BCUT2D eigenvalue weighted by Gasteiger charge is -2.39. The fourth-order valence-electron chi connectivity index (χ4n) is 3.92. The van der Waals surface area contributed by atoms with E-state index in [4.69, 9.17) is 0 Å². The number of hydrogen-bond donors (Lipinski definition) is 1. The summed E-state index contributed by atoms with van der Waals surface area (Å²) in [4.78, 5) is 13.5. The first kappa shape index (κ1) is 22.3. The van der Waals surface area contributed by atoms with Crippen LogP contribution in [0.1, 0.15) is 24.0 Å². The number of sulfonamides is 1. The largest absolute Gasteiger partial charge is 0.395 e. The molecule has 30 heavy (non-hydrogen) atoms. The van der Waals surface area contributed by atoms with E-state index in [9.17, 15) is 27.1 Å². The standard InChI is InChI=1S/C21H24F2N2O4S/c1-14-4-3-5-15(2)21(14)24-13-17(7-9-20(24)27)25(10-11-26)30(28,29)19-8-6-16(22)12-18(19)23/h3-6,8,12,17,26H,7,9-11,13H2,1-2H3/t17-/m0/s1. The summed E-state index contributed by atoms with van der Waals surface area (Å²) < 4.78 is 54.8. The molecule has 0 radical (unpaired) electrons. The topological polar surface area (TPSA) is 77.9 Å². The van der Waals surface area contributed by atoms with Gasteiger partial charge >= 0.3 is 0 Å². The van der Waals surface area contributed by atoms with Gasteiger partial charge in [0.05, 0.1) is 6.61 Å². The zero-order chi connectivity index (χ0) is 22.1. The first-order valence-electron chi connectivity index (χ1n) is 9.61. The molecule has 0 aliphatic carbocycles. The molecule has 1 atom stereocenters. The van der Waals surface area contributed by atoms with Gasteiger partial charge in [-0.05, 0) is 43.5 Å². The van der Waals surface area contributed by atoms with Crippen molar-refractivity contribution in [3.05, 3.63) is 59.2 Å². The lowest BCUT2D eigenvalue weighted by Crippen LogP contribution is -2.53. The molecule has 0 unspecified atom stereocenters. The number of aryl methyl sites for hydroxylation is 2. The fourth-order valence-corrected chi connectivity index (χ4v) is 5.60. The average Bonchev–Trinajstić information content (AvgIpc) is 2.67. The van der Waals surface area contributed by atoms with E-state index in [1.54, 1.807) is 4.90 Å². The van der Waals surface area contributed by atoms with E-state index >= 15 is 0 Å². The number of carbonyl (C=O) groups is 1.